The van der Waals surface area contributed by atoms with Crippen LogP contribution in [0.3, 0.4) is 0 Å². The Morgan fingerprint density at radius 2 is 1.94 bits per heavy atom. The average molecular weight is 467 g/mol. The van der Waals surface area contributed by atoms with Crippen molar-refractivity contribution in [3.05, 3.63) is 64.7 Å². The molecule has 0 saturated carbocycles. The fraction of sp³-hybridized carbons (Fsp3) is 0.360. The van der Waals surface area contributed by atoms with E-state index in [0.717, 1.165) is 16.0 Å². The van der Waals surface area contributed by atoms with E-state index < -0.39 is 30.3 Å². The summed E-state index contributed by atoms with van der Waals surface area (Å²) in [5.74, 6) is -1.72. The monoisotopic (exact) mass is 466 g/mol. The van der Waals surface area contributed by atoms with E-state index in [2.05, 4.69) is 5.32 Å². The molecule has 0 aliphatic carbocycles. The molecule has 34 heavy (non-hydrogen) atoms. The van der Waals surface area contributed by atoms with Crippen LogP contribution in [0.1, 0.15) is 44.0 Å². The highest BCUT2D eigenvalue weighted by molar-refractivity contribution is 6.05. The largest absolute Gasteiger partial charge is 0.489 e. The molecule has 4 amide bonds. The van der Waals surface area contributed by atoms with E-state index >= 15 is 0 Å². The number of hydrogen-bond donors (Lipinski definition) is 1. The Bertz CT molecular complexity index is 1290. The summed E-state index contributed by atoms with van der Waals surface area (Å²) in [4.78, 5) is 51.9. The van der Waals surface area contributed by atoms with Crippen LogP contribution in [0.5, 0.6) is 5.75 Å². The molecule has 0 bridgehead atoms. The molecule has 2 aromatic rings. The van der Waals surface area contributed by atoms with Gasteiger partial charge < -0.3 is 19.3 Å². The third kappa shape index (κ3) is 4.38. The molecule has 2 atom stereocenters. The second kappa shape index (κ2) is 9.26. The minimum atomic E-state index is -1.32. The Morgan fingerprint density at radius 1 is 1.15 bits per heavy atom. The standard InChI is InChI=1S/C25H25N3O6/c29-22-9-8-20(24(31)26-22)28-13-19-18(25(28)32)2-1-3-21(19)34-14-17-6-4-16(5-7-17)12-27-10-11-33-15-23(27)30/h1-7,20H,8-15H2,(H,26,29,31)/i1D,2D,13D. The smallest absolute Gasteiger partial charge is 0.255 e. The fourth-order valence-corrected chi connectivity index (χ4v) is 4.20. The van der Waals surface area contributed by atoms with E-state index in [4.69, 9.17) is 13.6 Å². The molecular weight excluding hydrogens is 438 g/mol. The van der Waals surface area contributed by atoms with Crippen LogP contribution in [0.2, 0.25) is 0 Å². The Hall–Kier alpha value is -3.72. The number of carbonyl (C=O) groups is 4. The minimum absolute atomic E-state index is 0.0414. The molecule has 5 rings (SSSR count). The maximum atomic E-state index is 13.2. The van der Waals surface area contributed by atoms with E-state index in [1.54, 1.807) is 4.90 Å². The van der Waals surface area contributed by atoms with Gasteiger partial charge in [0, 0.05) is 30.6 Å². The van der Waals surface area contributed by atoms with E-state index in [0.29, 0.717) is 19.7 Å². The van der Waals surface area contributed by atoms with Gasteiger partial charge in [0.1, 0.15) is 25.0 Å². The summed E-state index contributed by atoms with van der Waals surface area (Å²) in [5, 5.41) is 2.20. The van der Waals surface area contributed by atoms with E-state index in [9.17, 15) is 19.2 Å². The number of nitrogens with one attached hydrogen (secondary N) is 1. The van der Waals surface area contributed by atoms with Gasteiger partial charge in [-0.2, -0.15) is 0 Å². The lowest BCUT2D eigenvalue weighted by molar-refractivity contribution is -0.143. The highest BCUT2D eigenvalue weighted by Crippen LogP contribution is 2.34. The first-order valence-electron chi connectivity index (χ1n) is 12.6. The van der Waals surface area contributed by atoms with E-state index in [1.165, 1.54) is 6.07 Å². The van der Waals surface area contributed by atoms with Crippen LogP contribution in [-0.2, 0) is 38.8 Å². The molecule has 0 radical (unpaired) electrons. The van der Waals surface area contributed by atoms with Crippen molar-refractivity contribution in [2.45, 2.75) is 38.6 Å². The Morgan fingerprint density at radius 3 is 2.71 bits per heavy atom. The molecule has 2 aromatic carbocycles. The van der Waals surface area contributed by atoms with Crippen molar-refractivity contribution in [2.75, 3.05) is 19.8 Å². The van der Waals surface area contributed by atoms with Crippen molar-refractivity contribution in [3.63, 3.8) is 0 Å². The van der Waals surface area contributed by atoms with Crippen LogP contribution in [-0.4, -0.2) is 59.2 Å². The summed E-state index contributed by atoms with van der Waals surface area (Å²) in [7, 11) is 0. The number of imide groups is 1. The van der Waals surface area contributed by atoms with Crippen LogP contribution in [0.15, 0.2) is 42.4 Å². The second-order valence-electron chi connectivity index (χ2n) is 8.35. The summed E-state index contributed by atoms with van der Waals surface area (Å²) in [6.07, 6.45) is 0.124. The summed E-state index contributed by atoms with van der Waals surface area (Å²) in [6, 6.07) is 7.19. The van der Waals surface area contributed by atoms with Crippen molar-refractivity contribution < 1.29 is 32.8 Å². The quantitative estimate of drug-likeness (QED) is 0.645. The number of hydrogen-bond acceptors (Lipinski definition) is 6. The molecule has 3 aliphatic rings. The second-order valence-corrected chi connectivity index (χ2v) is 8.35. The first-order valence-corrected chi connectivity index (χ1v) is 11.0. The number of morpholine rings is 1. The number of piperidine rings is 1. The van der Waals surface area contributed by atoms with Crippen LogP contribution < -0.4 is 10.1 Å². The zero-order valence-electron chi connectivity index (χ0n) is 21.3. The first kappa shape index (κ1) is 18.7. The lowest BCUT2D eigenvalue weighted by atomic mass is 10.0. The molecule has 9 heteroatoms. The number of rotatable bonds is 6. The molecule has 2 unspecified atom stereocenters. The molecule has 1 N–H and O–H groups in total. The predicted octanol–water partition coefficient (Wildman–Crippen LogP) is 1.39. The van der Waals surface area contributed by atoms with Crippen molar-refractivity contribution in [1.82, 2.24) is 15.1 Å². The maximum absolute atomic E-state index is 13.2. The topological polar surface area (TPSA) is 105 Å². The van der Waals surface area contributed by atoms with Gasteiger partial charge in [0.25, 0.3) is 5.91 Å². The summed E-state index contributed by atoms with van der Waals surface area (Å²) in [6.45, 7) is 0.379. The van der Waals surface area contributed by atoms with E-state index in [1.807, 2.05) is 24.3 Å². The van der Waals surface area contributed by atoms with Gasteiger partial charge in [0.15, 0.2) is 0 Å². The lowest BCUT2D eigenvalue weighted by Crippen LogP contribution is -2.52. The zero-order chi connectivity index (χ0) is 26.3. The Kier molecular flexibility index (Phi) is 5.09. The van der Waals surface area contributed by atoms with Gasteiger partial charge in [-0.05, 0) is 29.7 Å². The van der Waals surface area contributed by atoms with E-state index in [-0.39, 0.29) is 60.9 Å². The molecule has 0 spiro atoms. The molecule has 2 fully saturated rings. The number of fused-ring (bicyclic) bond motifs is 1. The molecule has 3 aliphatic heterocycles. The summed E-state index contributed by atoms with van der Waals surface area (Å²) in [5.41, 5.74) is 1.75. The van der Waals surface area contributed by atoms with Gasteiger partial charge in [-0.25, -0.2) is 0 Å². The average Bonchev–Trinajstić information content (AvgIpc) is 3.13. The van der Waals surface area contributed by atoms with Gasteiger partial charge in [-0.15, -0.1) is 0 Å². The summed E-state index contributed by atoms with van der Waals surface area (Å²) >= 11 is 0. The van der Waals surface area contributed by atoms with Gasteiger partial charge in [-0.3, -0.25) is 24.5 Å². The van der Waals surface area contributed by atoms with Gasteiger partial charge >= 0.3 is 0 Å². The lowest BCUT2D eigenvalue weighted by Gasteiger charge is -2.29. The van der Waals surface area contributed by atoms with Crippen molar-refractivity contribution in [3.8, 4) is 5.75 Å². The fourth-order valence-electron chi connectivity index (χ4n) is 4.20. The Labute approximate surface area is 200 Å². The maximum Gasteiger partial charge on any atom is 0.255 e. The van der Waals surface area contributed by atoms with Gasteiger partial charge in [0.05, 0.1) is 17.2 Å². The zero-order valence-corrected chi connectivity index (χ0v) is 18.3. The van der Waals surface area contributed by atoms with Crippen LogP contribution >= 0.6 is 0 Å². The van der Waals surface area contributed by atoms with Crippen LogP contribution in [0.25, 0.3) is 0 Å². The molecule has 9 nitrogen and oxygen atoms in total. The van der Waals surface area contributed by atoms with Crippen molar-refractivity contribution >= 4 is 23.6 Å². The van der Waals surface area contributed by atoms with Crippen LogP contribution in [0.4, 0.5) is 0 Å². The highest BCUT2D eigenvalue weighted by Gasteiger charge is 2.40. The van der Waals surface area contributed by atoms with Crippen LogP contribution in [0, 0.1) is 0 Å². The number of benzene rings is 2. The third-order valence-electron chi connectivity index (χ3n) is 6.07. The minimum Gasteiger partial charge on any atom is -0.489 e. The number of nitrogens with zero attached hydrogens (tertiary/aromatic N) is 2. The highest BCUT2D eigenvalue weighted by atomic mass is 16.5. The summed E-state index contributed by atoms with van der Waals surface area (Å²) < 4.78 is 36.2. The molecule has 0 aromatic heterocycles. The molecule has 3 heterocycles. The van der Waals surface area contributed by atoms with Crippen molar-refractivity contribution in [1.29, 1.82) is 0 Å². The van der Waals surface area contributed by atoms with Gasteiger partial charge in [0.2, 0.25) is 17.7 Å². The molecule has 176 valence electrons. The van der Waals surface area contributed by atoms with Gasteiger partial charge in [-0.1, -0.05) is 30.3 Å². The molecular formula is C25H25N3O6. The number of carbonyl (C=O) groups excluding carboxylic acids is 4. The Balaban J connectivity index is 1.33. The number of ether oxygens (including phenoxy) is 2. The normalized spacial score (nSPS) is 23.8. The predicted molar refractivity (Wildman–Crippen MR) is 119 cm³/mol. The third-order valence-corrected chi connectivity index (χ3v) is 6.07. The first-order chi connectivity index (χ1) is 17.7. The van der Waals surface area contributed by atoms with Crippen molar-refractivity contribution in [2.24, 2.45) is 0 Å². The molecule has 2 saturated heterocycles. The number of amides is 4. The SMILES string of the molecule is [2H]c1cc(OCc2ccc(CN3CCOCC3=O)cc2)c2c(c1[2H])C(=O)N(C1CCC(=O)NC1=O)C2[2H].